The fraction of sp³-hybridized carbons (Fsp3) is 0.240. The minimum atomic E-state index is -0.813. The van der Waals surface area contributed by atoms with Crippen molar-refractivity contribution in [3.8, 4) is 0 Å². The van der Waals surface area contributed by atoms with Crippen LogP contribution in [0, 0.1) is 0 Å². The summed E-state index contributed by atoms with van der Waals surface area (Å²) in [5.74, 6) is -2.14. The van der Waals surface area contributed by atoms with Crippen LogP contribution < -0.4 is 10.6 Å². The van der Waals surface area contributed by atoms with Crippen molar-refractivity contribution in [1.29, 1.82) is 0 Å². The van der Waals surface area contributed by atoms with E-state index in [1.165, 1.54) is 4.90 Å². The smallest absolute Gasteiger partial charge is 0.289 e. The Morgan fingerprint density at radius 2 is 1.70 bits per heavy atom. The number of ketones is 1. The highest BCUT2D eigenvalue weighted by molar-refractivity contribution is 6.38. The monoisotopic (exact) mass is 444 g/mol. The summed E-state index contributed by atoms with van der Waals surface area (Å²) in [4.78, 5) is 56.1. The standard InChI is InChI=1S/C25H24N4O4/c30-22(16-28-24(32)19-12-13-26-20-10-5-4-9-18(19)20)29-14-6-11-21(29)23(31)25(33)27-15-17-7-2-1-3-8-17/h1-5,7-10,12-13,21H,6,11,14-16H2,(H,27,33)(H,28,32)/t21-/m0/s1. The van der Waals surface area contributed by atoms with E-state index in [9.17, 15) is 19.2 Å². The van der Waals surface area contributed by atoms with Gasteiger partial charge in [0.15, 0.2) is 0 Å². The normalized spacial score (nSPS) is 15.3. The molecule has 1 aliphatic rings. The van der Waals surface area contributed by atoms with Crippen molar-refractivity contribution in [1.82, 2.24) is 20.5 Å². The summed E-state index contributed by atoms with van der Waals surface area (Å²) in [5, 5.41) is 5.94. The molecule has 0 spiro atoms. The predicted molar refractivity (Wildman–Crippen MR) is 122 cm³/mol. The Kier molecular flexibility index (Phi) is 6.73. The molecule has 0 aliphatic carbocycles. The number of fused-ring (bicyclic) bond motifs is 1. The Morgan fingerprint density at radius 3 is 2.52 bits per heavy atom. The summed E-state index contributed by atoms with van der Waals surface area (Å²) >= 11 is 0. The summed E-state index contributed by atoms with van der Waals surface area (Å²) in [5.41, 5.74) is 1.98. The SMILES string of the molecule is O=C(NCc1ccccc1)C(=O)[C@@H]1CCCN1C(=O)CNC(=O)c1ccnc2ccccc12. The zero-order valence-corrected chi connectivity index (χ0v) is 18.0. The molecule has 3 amide bonds. The van der Waals surface area contributed by atoms with Gasteiger partial charge in [-0.05, 0) is 30.5 Å². The molecule has 4 rings (SSSR count). The average molecular weight is 444 g/mol. The van der Waals surface area contributed by atoms with Gasteiger partial charge >= 0.3 is 0 Å². The van der Waals surface area contributed by atoms with Crippen LogP contribution in [-0.2, 0) is 20.9 Å². The van der Waals surface area contributed by atoms with Gasteiger partial charge in [0.25, 0.3) is 11.8 Å². The number of benzene rings is 2. The van der Waals surface area contributed by atoms with Gasteiger partial charge in [-0.15, -0.1) is 0 Å². The Hall–Kier alpha value is -4.07. The van der Waals surface area contributed by atoms with Gasteiger partial charge in [0.1, 0.15) is 6.04 Å². The number of aromatic nitrogens is 1. The van der Waals surface area contributed by atoms with Crippen molar-refractivity contribution in [2.45, 2.75) is 25.4 Å². The zero-order valence-electron chi connectivity index (χ0n) is 18.0. The molecule has 1 saturated heterocycles. The maximum absolute atomic E-state index is 12.8. The minimum absolute atomic E-state index is 0.238. The Labute approximate surface area is 191 Å². The van der Waals surface area contributed by atoms with Gasteiger partial charge in [-0.3, -0.25) is 24.2 Å². The van der Waals surface area contributed by atoms with E-state index in [-0.39, 0.29) is 13.1 Å². The topological polar surface area (TPSA) is 108 Å². The number of Topliss-reactive ketones (excluding diaryl/α,β-unsaturated/α-hetero) is 1. The van der Waals surface area contributed by atoms with Gasteiger partial charge in [0.05, 0.1) is 17.6 Å². The molecule has 2 aromatic carbocycles. The van der Waals surface area contributed by atoms with E-state index >= 15 is 0 Å². The van der Waals surface area contributed by atoms with Gasteiger partial charge in [0.2, 0.25) is 11.7 Å². The molecule has 1 aromatic heterocycles. The largest absolute Gasteiger partial charge is 0.345 e. The molecule has 3 aromatic rings. The molecule has 1 fully saturated rings. The van der Waals surface area contributed by atoms with Crippen molar-refractivity contribution in [2.75, 3.05) is 13.1 Å². The number of nitrogens with one attached hydrogen (secondary N) is 2. The van der Waals surface area contributed by atoms with Crippen LogP contribution in [0.3, 0.4) is 0 Å². The molecule has 8 heteroatoms. The Morgan fingerprint density at radius 1 is 0.939 bits per heavy atom. The lowest BCUT2D eigenvalue weighted by atomic mass is 10.1. The molecule has 0 bridgehead atoms. The first-order valence-electron chi connectivity index (χ1n) is 10.8. The molecule has 0 radical (unpaired) electrons. The lowest BCUT2D eigenvalue weighted by Gasteiger charge is -2.23. The quantitative estimate of drug-likeness (QED) is 0.541. The second kappa shape index (κ2) is 10.0. The number of para-hydroxylation sites is 1. The van der Waals surface area contributed by atoms with Gasteiger partial charge in [-0.25, -0.2) is 0 Å². The number of pyridine rings is 1. The van der Waals surface area contributed by atoms with Crippen LogP contribution in [0.5, 0.6) is 0 Å². The number of hydrogen-bond acceptors (Lipinski definition) is 5. The number of carbonyl (C=O) groups is 4. The predicted octanol–water partition coefficient (Wildman–Crippen LogP) is 1.84. The third-order valence-electron chi connectivity index (χ3n) is 5.69. The highest BCUT2D eigenvalue weighted by Crippen LogP contribution is 2.19. The van der Waals surface area contributed by atoms with Crippen LogP contribution in [-0.4, -0.2) is 52.5 Å². The van der Waals surface area contributed by atoms with Crippen molar-refractivity contribution in [2.24, 2.45) is 0 Å². The summed E-state index contributed by atoms with van der Waals surface area (Å²) < 4.78 is 0. The molecule has 1 atom stereocenters. The third kappa shape index (κ3) is 5.06. The molecule has 2 heterocycles. The number of hydrogen-bond donors (Lipinski definition) is 2. The maximum atomic E-state index is 12.8. The van der Waals surface area contributed by atoms with Crippen LogP contribution in [0.2, 0.25) is 0 Å². The fourth-order valence-electron chi connectivity index (χ4n) is 4.00. The van der Waals surface area contributed by atoms with E-state index in [1.807, 2.05) is 42.5 Å². The second-order valence-corrected chi connectivity index (χ2v) is 7.84. The van der Waals surface area contributed by atoms with Crippen molar-refractivity contribution >= 4 is 34.4 Å². The van der Waals surface area contributed by atoms with E-state index in [0.29, 0.717) is 35.9 Å². The lowest BCUT2D eigenvalue weighted by molar-refractivity contribution is -0.144. The number of rotatable bonds is 7. The van der Waals surface area contributed by atoms with Crippen molar-refractivity contribution in [3.63, 3.8) is 0 Å². The van der Waals surface area contributed by atoms with Gasteiger partial charge in [-0.1, -0.05) is 48.5 Å². The number of amides is 3. The lowest BCUT2D eigenvalue weighted by Crippen LogP contribution is -2.49. The average Bonchev–Trinajstić information content (AvgIpc) is 3.35. The highest BCUT2D eigenvalue weighted by Gasteiger charge is 2.37. The Balaban J connectivity index is 1.35. The van der Waals surface area contributed by atoms with E-state index < -0.39 is 29.5 Å². The molecular formula is C25H24N4O4. The third-order valence-corrected chi connectivity index (χ3v) is 5.69. The van der Waals surface area contributed by atoms with Gasteiger partial charge in [-0.2, -0.15) is 0 Å². The minimum Gasteiger partial charge on any atom is -0.345 e. The van der Waals surface area contributed by atoms with Gasteiger partial charge < -0.3 is 15.5 Å². The van der Waals surface area contributed by atoms with E-state index in [0.717, 1.165) is 5.56 Å². The van der Waals surface area contributed by atoms with E-state index in [2.05, 4.69) is 15.6 Å². The molecule has 0 unspecified atom stereocenters. The van der Waals surface area contributed by atoms with E-state index in [1.54, 1.807) is 24.4 Å². The van der Waals surface area contributed by atoms with Crippen LogP contribution in [0.4, 0.5) is 0 Å². The maximum Gasteiger partial charge on any atom is 0.289 e. The van der Waals surface area contributed by atoms with Crippen LogP contribution in [0.1, 0.15) is 28.8 Å². The van der Waals surface area contributed by atoms with Crippen molar-refractivity contribution < 1.29 is 19.2 Å². The number of likely N-dealkylation sites (tertiary alicyclic amines) is 1. The summed E-state index contributed by atoms with van der Waals surface area (Å²) in [6, 6.07) is 17.3. The van der Waals surface area contributed by atoms with Crippen LogP contribution >= 0.6 is 0 Å². The molecule has 168 valence electrons. The molecule has 0 saturated carbocycles. The molecule has 1 aliphatic heterocycles. The summed E-state index contributed by atoms with van der Waals surface area (Å²) in [7, 11) is 0. The van der Waals surface area contributed by atoms with Crippen LogP contribution in [0.25, 0.3) is 10.9 Å². The highest BCUT2D eigenvalue weighted by atomic mass is 16.2. The molecular weight excluding hydrogens is 420 g/mol. The molecule has 2 N–H and O–H groups in total. The fourth-order valence-corrected chi connectivity index (χ4v) is 4.00. The van der Waals surface area contributed by atoms with Gasteiger partial charge in [0, 0.05) is 24.7 Å². The molecule has 33 heavy (non-hydrogen) atoms. The second-order valence-electron chi connectivity index (χ2n) is 7.84. The summed E-state index contributed by atoms with van der Waals surface area (Å²) in [6.45, 7) is 0.349. The first kappa shape index (κ1) is 22.1. The first-order chi connectivity index (χ1) is 16.0. The van der Waals surface area contributed by atoms with Crippen molar-refractivity contribution in [3.05, 3.63) is 78.0 Å². The summed E-state index contributed by atoms with van der Waals surface area (Å²) in [6.07, 6.45) is 2.59. The Bertz CT molecular complexity index is 1190. The first-order valence-corrected chi connectivity index (χ1v) is 10.8. The zero-order chi connectivity index (χ0) is 23.2. The van der Waals surface area contributed by atoms with Crippen LogP contribution in [0.15, 0.2) is 66.9 Å². The van der Waals surface area contributed by atoms with E-state index in [4.69, 9.17) is 0 Å². The number of nitrogens with zero attached hydrogens (tertiary/aromatic N) is 2. The molecule has 8 nitrogen and oxygen atoms in total. The number of carbonyl (C=O) groups excluding carboxylic acids is 4.